The van der Waals surface area contributed by atoms with E-state index in [1.807, 2.05) is 36.4 Å². The van der Waals surface area contributed by atoms with Gasteiger partial charge in [-0.2, -0.15) is 0 Å². The highest BCUT2D eigenvalue weighted by Gasteiger charge is 2.38. The summed E-state index contributed by atoms with van der Waals surface area (Å²) in [5, 5.41) is 17.3. The molecular formula is C37H41ClN2O5. The van der Waals surface area contributed by atoms with E-state index in [1.165, 1.54) is 0 Å². The van der Waals surface area contributed by atoms with Crippen LogP contribution in [0, 0.1) is 5.92 Å². The molecule has 236 valence electrons. The average Bonchev–Trinajstić information content (AvgIpc) is 3.05. The van der Waals surface area contributed by atoms with Crippen LogP contribution in [0.4, 0.5) is 0 Å². The number of ether oxygens (including phenoxy) is 2. The smallest absolute Gasteiger partial charge is 0.336 e. The van der Waals surface area contributed by atoms with Crippen LogP contribution in [0.5, 0.6) is 0 Å². The van der Waals surface area contributed by atoms with E-state index in [-0.39, 0.29) is 30.3 Å². The molecule has 45 heavy (non-hydrogen) atoms. The normalized spacial score (nSPS) is 17.4. The molecule has 1 saturated heterocycles. The van der Waals surface area contributed by atoms with Gasteiger partial charge in [-0.15, -0.1) is 0 Å². The first-order chi connectivity index (χ1) is 21.9. The Kier molecular flexibility index (Phi) is 11.5. The number of aliphatic carboxylic acids is 1. The molecule has 0 saturated carbocycles. The number of hydrogen-bond acceptors (Lipinski definition) is 6. The topological polar surface area (TPSA) is 96.9 Å². The van der Waals surface area contributed by atoms with Crippen LogP contribution in [0.2, 0.25) is 5.02 Å². The van der Waals surface area contributed by atoms with Gasteiger partial charge in [-0.1, -0.05) is 84.4 Å². The van der Waals surface area contributed by atoms with Crippen LogP contribution in [0.3, 0.4) is 0 Å². The van der Waals surface area contributed by atoms with Crippen LogP contribution in [0.1, 0.15) is 61.1 Å². The molecule has 3 aromatic rings. The first-order valence-corrected chi connectivity index (χ1v) is 16.0. The fourth-order valence-electron chi connectivity index (χ4n) is 6.39. The average molecular weight is 629 g/mol. The van der Waals surface area contributed by atoms with Crippen molar-refractivity contribution in [2.24, 2.45) is 5.92 Å². The summed E-state index contributed by atoms with van der Waals surface area (Å²) in [6, 6.07) is 27.3. The van der Waals surface area contributed by atoms with Crippen molar-refractivity contribution in [1.29, 1.82) is 0 Å². The number of halogens is 1. The summed E-state index contributed by atoms with van der Waals surface area (Å²) in [5.74, 6) is -1.94. The Morgan fingerprint density at radius 2 is 1.58 bits per heavy atom. The maximum absolute atomic E-state index is 14.1. The molecule has 2 aliphatic rings. The molecule has 1 fully saturated rings. The lowest BCUT2D eigenvalue weighted by molar-refractivity contribution is -0.139. The summed E-state index contributed by atoms with van der Waals surface area (Å²) >= 11 is 6.36. The Balaban J connectivity index is 1.40. The molecule has 7 nitrogen and oxygen atoms in total. The van der Waals surface area contributed by atoms with Gasteiger partial charge in [0.25, 0.3) is 0 Å². The van der Waals surface area contributed by atoms with Crippen molar-refractivity contribution in [2.45, 2.75) is 44.4 Å². The molecule has 3 N–H and O–H groups in total. The molecule has 0 amide bonds. The lowest BCUT2D eigenvalue weighted by Crippen LogP contribution is -2.34. The molecule has 1 unspecified atom stereocenters. The van der Waals surface area contributed by atoms with Gasteiger partial charge in [0.15, 0.2) is 0 Å². The standard InChI is InChI=1S/C37H41ClN2O5/c1-25-33(36(41)42)34(29-13-8-14-30(38)23-29)35(32(40-25)24-44-21-17-26-15-19-39-20-16-26)37(43)45-22-18-31(27-9-4-2-5-10-27)28-11-6-3-7-12-28/h2-14,23,26,31,34,39-40H,15-22,24H2,1H3,(H,41,42). The van der Waals surface area contributed by atoms with Gasteiger partial charge in [0.1, 0.15) is 0 Å². The number of nitrogens with one attached hydrogen (secondary N) is 2. The number of carbonyl (C=O) groups is 2. The van der Waals surface area contributed by atoms with Gasteiger partial charge in [0, 0.05) is 23.2 Å². The second-order valence-electron chi connectivity index (χ2n) is 11.7. The summed E-state index contributed by atoms with van der Waals surface area (Å²) < 4.78 is 12.1. The summed E-state index contributed by atoms with van der Waals surface area (Å²) in [6.45, 7) is 4.58. The number of esters is 1. The number of allylic oxidation sites excluding steroid dienone is 1. The van der Waals surface area contributed by atoms with Crippen molar-refractivity contribution in [1.82, 2.24) is 10.6 Å². The van der Waals surface area contributed by atoms with Gasteiger partial charge < -0.3 is 25.2 Å². The summed E-state index contributed by atoms with van der Waals surface area (Å²) in [6.07, 6.45) is 3.73. The molecule has 0 aliphatic carbocycles. The van der Waals surface area contributed by atoms with Gasteiger partial charge in [-0.25, -0.2) is 9.59 Å². The van der Waals surface area contributed by atoms with E-state index >= 15 is 0 Å². The first-order valence-electron chi connectivity index (χ1n) is 15.7. The fourth-order valence-corrected chi connectivity index (χ4v) is 6.59. The van der Waals surface area contributed by atoms with Gasteiger partial charge in [-0.05, 0) is 80.4 Å². The van der Waals surface area contributed by atoms with Gasteiger partial charge in [0.2, 0.25) is 0 Å². The second-order valence-corrected chi connectivity index (χ2v) is 12.1. The zero-order valence-electron chi connectivity index (χ0n) is 25.6. The van der Waals surface area contributed by atoms with Crippen molar-refractivity contribution in [3.8, 4) is 0 Å². The lowest BCUT2D eigenvalue weighted by Gasteiger charge is -2.31. The Hall–Kier alpha value is -3.91. The predicted octanol–water partition coefficient (Wildman–Crippen LogP) is 6.81. The molecule has 0 radical (unpaired) electrons. The molecule has 1 atom stereocenters. The second kappa shape index (κ2) is 15.9. The van der Waals surface area contributed by atoms with Crippen LogP contribution in [0.25, 0.3) is 0 Å². The highest BCUT2D eigenvalue weighted by molar-refractivity contribution is 6.30. The lowest BCUT2D eigenvalue weighted by atomic mass is 9.80. The molecule has 0 spiro atoms. The van der Waals surface area contributed by atoms with Crippen LogP contribution in [-0.2, 0) is 19.1 Å². The largest absolute Gasteiger partial charge is 0.478 e. The van der Waals surface area contributed by atoms with Crippen molar-refractivity contribution >= 4 is 23.5 Å². The van der Waals surface area contributed by atoms with E-state index in [1.54, 1.807) is 31.2 Å². The Morgan fingerprint density at radius 1 is 0.911 bits per heavy atom. The number of piperidine rings is 1. The Bertz CT molecular complexity index is 1480. The van der Waals surface area contributed by atoms with E-state index in [9.17, 15) is 14.7 Å². The third-order valence-corrected chi connectivity index (χ3v) is 8.93. The number of carboxylic acid groups (broad SMARTS) is 1. The minimum Gasteiger partial charge on any atom is -0.478 e. The monoisotopic (exact) mass is 628 g/mol. The SMILES string of the molecule is CC1=C(C(=O)O)C(c2cccc(Cl)c2)C(C(=O)OCCC(c2ccccc2)c2ccccc2)=C(COCCC2CCNCC2)N1. The number of rotatable bonds is 13. The van der Waals surface area contributed by atoms with Crippen LogP contribution in [-0.4, -0.2) is 50.0 Å². The third kappa shape index (κ3) is 8.42. The van der Waals surface area contributed by atoms with Crippen molar-refractivity contribution in [3.63, 3.8) is 0 Å². The molecule has 2 heterocycles. The number of hydrogen-bond donors (Lipinski definition) is 3. The first kappa shape index (κ1) is 32.5. The van der Waals surface area contributed by atoms with Crippen LogP contribution < -0.4 is 10.6 Å². The van der Waals surface area contributed by atoms with Gasteiger partial charge in [0.05, 0.1) is 36.0 Å². The minimum absolute atomic E-state index is 0.0249. The zero-order valence-corrected chi connectivity index (χ0v) is 26.4. The van der Waals surface area contributed by atoms with E-state index in [2.05, 4.69) is 34.9 Å². The van der Waals surface area contributed by atoms with E-state index in [0.29, 0.717) is 40.9 Å². The van der Waals surface area contributed by atoms with E-state index < -0.39 is 17.9 Å². The molecule has 0 aromatic heterocycles. The maximum Gasteiger partial charge on any atom is 0.336 e. The summed E-state index contributed by atoms with van der Waals surface area (Å²) in [7, 11) is 0. The number of carboxylic acids is 1. The predicted molar refractivity (Wildman–Crippen MR) is 176 cm³/mol. The fraction of sp³-hybridized carbons (Fsp3) is 0.351. The molecule has 0 bridgehead atoms. The van der Waals surface area contributed by atoms with Crippen LogP contribution >= 0.6 is 11.6 Å². The number of dihydropyridines is 1. The minimum atomic E-state index is -1.12. The van der Waals surface area contributed by atoms with Gasteiger partial charge >= 0.3 is 11.9 Å². The molecular weight excluding hydrogens is 588 g/mol. The summed E-state index contributed by atoms with van der Waals surface area (Å²) in [4.78, 5) is 26.7. The van der Waals surface area contributed by atoms with Crippen molar-refractivity contribution in [2.75, 3.05) is 32.9 Å². The highest BCUT2D eigenvalue weighted by atomic mass is 35.5. The van der Waals surface area contributed by atoms with Gasteiger partial charge in [-0.3, -0.25) is 0 Å². The zero-order chi connectivity index (χ0) is 31.6. The van der Waals surface area contributed by atoms with E-state index in [4.69, 9.17) is 21.1 Å². The van der Waals surface area contributed by atoms with Crippen molar-refractivity contribution < 1.29 is 24.2 Å². The number of benzene rings is 3. The third-order valence-electron chi connectivity index (χ3n) is 8.70. The molecule has 2 aliphatic heterocycles. The Morgan fingerprint density at radius 3 is 2.20 bits per heavy atom. The van der Waals surface area contributed by atoms with Crippen LogP contribution in [0.15, 0.2) is 107 Å². The molecule has 3 aromatic carbocycles. The van der Waals surface area contributed by atoms with Crippen molar-refractivity contribution in [3.05, 3.63) is 129 Å². The maximum atomic E-state index is 14.1. The molecule has 8 heteroatoms. The quantitative estimate of drug-likeness (QED) is 0.141. The highest BCUT2D eigenvalue weighted by Crippen LogP contribution is 2.40. The van der Waals surface area contributed by atoms with E-state index in [0.717, 1.165) is 43.5 Å². The summed E-state index contributed by atoms with van der Waals surface area (Å²) in [5.41, 5.74) is 4.14. The number of carbonyl (C=O) groups excluding carboxylic acids is 1. The Labute approximate surface area is 270 Å². The molecule has 5 rings (SSSR count).